The molecule has 0 rings (SSSR count). The van der Waals surface area contributed by atoms with E-state index in [1.165, 1.54) is 5.57 Å². The second kappa shape index (κ2) is 3.20. The Morgan fingerprint density at radius 1 is 1.40 bits per heavy atom. The van der Waals surface area contributed by atoms with Crippen molar-refractivity contribution in [2.75, 3.05) is 0 Å². The van der Waals surface area contributed by atoms with Gasteiger partial charge in [0.25, 0.3) is 0 Å². The van der Waals surface area contributed by atoms with E-state index in [1.54, 1.807) is 0 Å². The lowest BCUT2D eigenvalue weighted by atomic mass is 9.86. The van der Waals surface area contributed by atoms with Gasteiger partial charge in [0.2, 0.25) is 0 Å². The molecule has 10 heavy (non-hydrogen) atoms. The molecule has 0 fully saturated rings. The van der Waals surface area contributed by atoms with E-state index in [2.05, 4.69) is 6.08 Å². The van der Waals surface area contributed by atoms with Gasteiger partial charge in [-0.2, -0.15) is 0 Å². The standard InChI is InChI=1S/C9H18O/c1-7(2)6-9(4,5)8(3)10/h6,8,10H,1-5H3. The van der Waals surface area contributed by atoms with E-state index >= 15 is 0 Å². The molecule has 0 amide bonds. The third kappa shape index (κ3) is 3.02. The van der Waals surface area contributed by atoms with Gasteiger partial charge in [-0.25, -0.2) is 0 Å². The molecule has 0 spiro atoms. The molecule has 1 nitrogen and oxygen atoms in total. The highest BCUT2D eigenvalue weighted by Crippen LogP contribution is 2.23. The Kier molecular flexibility index (Phi) is 3.10. The molecule has 1 heteroatoms. The first-order valence-electron chi connectivity index (χ1n) is 3.70. The van der Waals surface area contributed by atoms with Gasteiger partial charge < -0.3 is 5.11 Å². The lowest BCUT2D eigenvalue weighted by Gasteiger charge is -2.24. The second-order valence-electron chi connectivity index (χ2n) is 3.72. The molecule has 0 aliphatic heterocycles. The Balaban J connectivity index is 4.27. The summed E-state index contributed by atoms with van der Waals surface area (Å²) in [6, 6.07) is 0. The summed E-state index contributed by atoms with van der Waals surface area (Å²) in [5.74, 6) is 0. The summed E-state index contributed by atoms with van der Waals surface area (Å²) in [4.78, 5) is 0. The smallest absolute Gasteiger partial charge is 0.0597 e. The Labute approximate surface area is 63.8 Å². The lowest BCUT2D eigenvalue weighted by molar-refractivity contribution is 0.0991. The van der Waals surface area contributed by atoms with Crippen LogP contribution in [0.1, 0.15) is 34.6 Å². The average molecular weight is 142 g/mol. The molecule has 0 aromatic rings. The first-order valence-corrected chi connectivity index (χ1v) is 3.70. The van der Waals surface area contributed by atoms with Crippen molar-refractivity contribution in [3.63, 3.8) is 0 Å². The maximum atomic E-state index is 9.28. The molecule has 1 N–H and O–H groups in total. The third-order valence-electron chi connectivity index (χ3n) is 1.74. The summed E-state index contributed by atoms with van der Waals surface area (Å²) < 4.78 is 0. The van der Waals surface area contributed by atoms with Crippen LogP contribution in [0.4, 0.5) is 0 Å². The van der Waals surface area contributed by atoms with Crippen LogP contribution in [0, 0.1) is 5.41 Å². The van der Waals surface area contributed by atoms with Crippen LogP contribution >= 0.6 is 0 Å². The molecular formula is C9H18O. The van der Waals surface area contributed by atoms with Gasteiger partial charge in [-0.1, -0.05) is 25.5 Å². The topological polar surface area (TPSA) is 20.2 Å². The fourth-order valence-corrected chi connectivity index (χ4v) is 0.865. The van der Waals surface area contributed by atoms with Crippen LogP contribution in [0.15, 0.2) is 11.6 Å². The van der Waals surface area contributed by atoms with Crippen LogP contribution in [0.2, 0.25) is 0 Å². The van der Waals surface area contributed by atoms with Gasteiger partial charge in [0.15, 0.2) is 0 Å². The van der Waals surface area contributed by atoms with Gasteiger partial charge in [0.1, 0.15) is 0 Å². The monoisotopic (exact) mass is 142 g/mol. The van der Waals surface area contributed by atoms with Crippen molar-refractivity contribution < 1.29 is 5.11 Å². The predicted octanol–water partition coefficient (Wildman–Crippen LogP) is 2.36. The van der Waals surface area contributed by atoms with Crippen LogP contribution in [-0.4, -0.2) is 11.2 Å². The van der Waals surface area contributed by atoms with E-state index in [0.29, 0.717) is 0 Å². The fourth-order valence-electron chi connectivity index (χ4n) is 0.865. The summed E-state index contributed by atoms with van der Waals surface area (Å²) in [6.07, 6.45) is 1.82. The van der Waals surface area contributed by atoms with Crippen molar-refractivity contribution in [1.82, 2.24) is 0 Å². The molecule has 1 atom stereocenters. The molecule has 0 aromatic heterocycles. The highest BCUT2D eigenvalue weighted by atomic mass is 16.3. The first-order chi connectivity index (χ1) is 4.36. The predicted molar refractivity (Wildman–Crippen MR) is 44.9 cm³/mol. The molecule has 0 saturated heterocycles. The Morgan fingerprint density at radius 2 is 1.80 bits per heavy atom. The van der Waals surface area contributed by atoms with Crippen molar-refractivity contribution in [3.05, 3.63) is 11.6 Å². The minimum Gasteiger partial charge on any atom is -0.393 e. The van der Waals surface area contributed by atoms with Gasteiger partial charge in [0.05, 0.1) is 6.10 Å². The van der Waals surface area contributed by atoms with Gasteiger partial charge >= 0.3 is 0 Å². The quantitative estimate of drug-likeness (QED) is 0.587. The number of aliphatic hydroxyl groups excluding tert-OH is 1. The highest BCUT2D eigenvalue weighted by molar-refractivity contribution is 5.03. The van der Waals surface area contributed by atoms with Crippen molar-refractivity contribution in [2.24, 2.45) is 5.41 Å². The van der Waals surface area contributed by atoms with E-state index < -0.39 is 0 Å². The number of aliphatic hydroxyl groups is 1. The zero-order chi connectivity index (χ0) is 8.36. The molecular weight excluding hydrogens is 124 g/mol. The molecule has 0 aromatic carbocycles. The summed E-state index contributed by atoms with van der Waals surface area (Å²) in [6.45, 7) is 9.98. The molecule has 0 aliphatic carbocycles. The van der Waals surface area contributed by atoms with Gasteiger partial charge in [0, 0.05) is 5.41 Å². The second-order valence-corrected chi connectivity index (χ2v) is 3.72. The van der Waals surface area contributed by atoms with E-state index in [1.807, 2.05) is 34.6 Å². The highest BCUT2D eigenvalue weighted by Gasteiger charge is 2.20. The van der Waals surface area contributed by atoms with Gasteiger partial charge in [-0.3, -0.25) is 0 Å². The van der Waals surface area contributed by atoms with Gasteiger partial charge in [-0.15, -0.1) is 0 Å². The minimum absolute atomic E-state index is 0.0845. The molecule has 0 radical (unpaired) electrons. The van der Waals surface area contributed by atoms with Crippen molar-refractivity contribution in [3.8, 4) is 0 Å². The molecule has 0 aliphatic rings. The summed E-state index contributed by atoms with van der Waals surface area (Å²) in [5.41, 5.74) is 1.17. The molecule has 60 valence electrons. The van der Waals surface area contributed by atoms with E-state index in [9.17, 15) is 5.11 Å². The number of hydrogen-bond acceptors (Lipinski definition) is 1. The van der Waals surface area contributed by atoms with Gasteiger partial charge in [-0.05, 0) is 20.8 Å². The van der Waals surface area contributed by atoms with Crippen LogP contribution in [0.3, 0.4) is 0 Å². The number of rotatable bonds is 2. The normalized spacial score (nSPS) is 14.6. The number of allylic oxidation sites excluding steroid dienone is 1. The molecule has 0 saturated carbocycles. The molecule has 0 bridgehead atoms. The maximum absolute atomic E-state index is 9.28. The summed E-state index contributed by atoms with van der Waals surface area (Å²) >= 11 is 0. The van der Waals surface area contributed by atoms with Crippen LogP contribution in [0.25, 0.3) is 0 Å². The molecule has 1 unspecified atom stereocenters. The first kappa shape index (κ1) is 9.70. The van der Waals surface area contributed by atoms with Crippen molar-refractivity contribution in [1.29, 1.82) is 0 Å². The van der Waals surface area contributed by atoms with E-state index in [-0.39, 0.29) is 11.5 Å². The van der Waals surface area contributed by atoms with Crippen molar-refractivity contribution in [2.45, 2.75) is 40.7 Å². The summed E-state index contributed by atoms with van der Waals surface area (Å²) in [7, 11) is 0. The van der Waals surface area contributed by atoms with Crippen LogP contribution in [0.5, 0.6) is 0 Å². The lowest BCUT2D eigenvalue weighted by Crippen LogP contribution is -2.23. The van der Waals surface area contributed by atoms with Crippen molar-refractivity contribution >= 4 is 0 Å². The van der Waals surface area contributed by atoms with E-state index in [4.69, 9.17) is 0 Å². The number of hydrogen-bond donors (Lipinski definition) is 1. The van der Waals surface area contributed by atoms with Crippen LogP contribution in [-0.2, 0) is 0 Å². The summed E-state index contributed by atoms with van der Waals surface area (Å²) in [5, 5.41) is 9.28. The average Bonchev–Trinajstić information content (AvgIpc) is 1.60. The maximum Gasteiger partial charge on any atom is 0.0597 e. The Morgan fingerprint density at radius 3 is 1.90 bits per heavy atom. The zero-order valence-corrected chi connectivity index (χ0v) is 7.60. The molecule has 0 heterocycles. The third-order valence-corrected chi connectivity index (χ3v) is 1.74. The SMILES string of the molecule is CC(C)=CC(C)(C)C(C)O. The van der Waals surface area contributed by atoms with Crippen LogP contribution < -0.4 is 0 Å². The Hall–Kier alpha value is -0.300. The Bertz CT molecular complexity index is 128. The largest absolute Gasteiger partial charge is 0.393 e. The fraction of sp³-hybridized carbons (Fsp3) is 0.778. The van der Waals surface area contributed by atoms with E-state index in [0.717, 1.165) is 0 Å². The zero-order valence-electron chi connectivity index (χ0n) is 7.60. The minimum atomic E-state index is -0.276.